The summed E-state index contributed by atoms with van der Waals surface area (Å²) in [4.78, 5) is 12.0. The quantitative estimate of drug-likeness (QED) is 0.486. The highest BCUT2D eigenvalue weighted by Gasteiger charge is 2.07. The van der Waals surface area contributed by atoms with Crippen LogP contribution in [0.2, 0.25) is 5.02 Å². The monoisotopic (exact) mass is 360 g/mol. The van der Waals surface area contributed by atoms with Gasteiger partial charge in [0.2, 0.25) is 0 Å². The third-order valence-corrected chi connectivity index (χ3v) is 3.63. The Morgan fingerprint density at radius 3 is 2.96 bits per heavy atom. The topological polar surface area (TPSA) is 57.3 Å². The summed E-state index contributed by atoms with van der Waals surface area (Å²) in [6.07, 6.45) is 6.13. The average molecular weight is 361 g/mol. The normalized spacial score (nSPS) is 11.2. The fraction of sp³-hybridized carbons (Fsp3) is 0.111. The number of furan rings is 1. The lowest BCUT2D eigenvalue weighted by atomic mass is 10.2. The van der Waals surface area contributed by atoms with Crippen molar-refractivity contribution in [2.24, 2.45) is 7.05 Å². The summed E-state index contributed by atoms with van der Waals surface area (Å²) in [5, 5.41) is 4.14. The molecule has 128 valence electrons. The number of benzene rings is 1. The molecule has 0 aliphatic heterocycles. The standard InChI is InChI=1S/C18H14ClFN2O3/c1-22-10-12(9-21-22)17(23)6-5-14-3-4-15(25-14)11-24-18-7-2-13(20)8-16(18)19/h2-10H,11H2,1H3/b6-5+. The second-order valence-electron chi connectivity index (χ2n) is 5.27. The number of allylic oxidation sites excluding steroid dienone is 1. The minimum Gasteiger partial charge on any atom is -0.484 e. The number of ketones is 1. The Morgan fingerprint density at radius 1 is 1.40 bits per heavy atom. The molecule has 0 aliphatic rings. The van der Waals surface area contributed by atoms with Gasteiger partial charge in [0.15, 0.2) is 5.78 Å². The van der Waals surface area contributed by atoms with Crippen molar-refractivity contribution in [3.8, 4) is 5.75 Å². The molecule has 0 spiro atoms. The van der Waals surface area contributed by atoms with E-state index in [1.807, 2.05) is 0 Å². The van der Waals surface area contributed by atoms with E-state index < -0.39 is 5.82 Å². The number of carbonyl (C=O) groups is 1. The Morgan fingerprint density at radius 2 is 2.24 bits per heavy atom. The van der Waals surface area contributed by atoms with Crippen molar-refractivity contribution in [1.29, 1.82) is 0 Å². The molecule has 0 aliphatic carbocycles. The van der Waals surface area contributed by atoms with Crippen LogP contribution in [-0.2, 0) is 13.7 Å². The van der Waals surface area contributed by atoms with Crippen molar-refractivity contribution in [2.45, 2.75) is 6.61 Å². The smallest absolute Gasteiger partial charge is 0.189 e. The lowest BCUT2D eigenvalue weighted by Gasteiger charge is -2.05. The highest BCUT2D eigenvalue weighted by molar-refractivity contribution is 6.32. The summed E-state index contributed by atoms with van der Waals surface area (Å²) in [6, 6.07) is 7.34. The molecule has 0 saturated carbocycles. The first-order valence-electron chi connectivity index (χ1n) is 7.39. The van der Waals surface area contributed by atoms with Crippen LogP contribution in [0.25, 0.3) is 6.08 Å². The Hall–Kier alpha value is -2.86. The van der Waals surface area contributed by atoms with Crippen LogP contribution in [0.15, 0.2) is 53.2 Å². The molecule has 0 unspecified atom stereocenters. The van der Waals surface area contributed by atoms with Gasteiger partial charge < -0.3 is 9.15 Å². The fourth-order valence-corrected chi connectivity index (χ4v) is 2.33. The maximum absolute atomic E-state index is 13.0. The van der Waals surface area contributed by atoms with E-state index in [0.29, 0.717) is 22.8 Å². The van der Waals surface area contributed by atoms with Gasteiger partial charge in [0, 0.05) is 13.2 Å². The van der Waals surface area contributed by atoms with Crippen molar-refractivity contribution in [3.05, 3.63) is 76.7 Å². The molecular formula is C18H14ClFN2O3. The van der Waals surface area contributed by atoms with Gasteiger partial charge >= 0.3 is 0 Å². The number of nitrogens with zero attached hydrogens (tertiary/aromatic N) is 2. The molecule has 0 atom stereocenters. The Bertz CT molecular complexity index is 930. The molecule has 3 rings (SSSR count). The first-order chi connectivity index (χ1) is 12.0. The fourth-order valence-electron chi connectivity index (χ4n) is 2.11. The molecule has 2 aromatic heterocycles. The summed E-state index contributed by atoms with van der Waals surface area (Å²) < 4.78 is 25.6. The van der Waals surface area contributed by atoms with Gasteiger partial charge in [-0.05, 0) is 42.5 Å². The minimum atomic E-state index is -0.430. The van der Waals surface area contributed by atoms with E-state index in [-0.39, 0.29) is 17.4 Å². The highest BCUT2D eigenvalue weighted by Crippen LogP contribution is 2.26. The zero-order valence-corrected chi connectivity index (χ0v) is 14.0. The SMILES string of the molecule is Cn1cc(C(=O)/C=C/c2ccc(COc3ccc(F)cc3Cl)o2)cn1. The van der Waals surface area contributed by atoms with E-state index in [9.17, 15) is 9.18 Å². The molecule has 25 heavy (non-hydrogen) atoms. The number of hydrogen-bond donors (Lipinski definition) is 0. The molecule has 0 N–H and O–H groups in total. The molecule has 0 amide bonds. The van der Waals surface area contributed by atoms with E-state index in [1.165, 1.54) is 30.5 Å². The third-order valence-electron chi connectivity index (χ3n) is 3.33. The molecule has 1 aromatic carbocycles. The minimum absolute atomic E-state index is 0.135. The highest BCUT2D eigenvalue weighted by atomic mass is 35.5. The summed E-state index contributed by atoms with van der Waals surface area (Å²) in [7, 11) is 1.74. The van der Waals surface area contributed by atoms with E-state index in [1.54, 1.807) is 36.1 Å². The van der Waals surface area contributed by atoms with Gasteiger partial charge in [-0.25, -0.2) is 4.39 Å². The van der Waals surface area contributed by atoms with Crippen LogP contribution >= 0.6 is 11.6 Å². The Kier molecular flexibility index (Phi) is 5.00. The number of halogens is 2. The number of aryl methyl sites for hydroxylation is 1. The zero-order valence-electron chi connectivity index (χ0n) is 13.3. The van der Waals surface area contributed by atoms with Gasteiger partial charge in [-0.15, -0.1) is 0 Å². The lowest BCUT2D eigenvalue weighted by Crippen LogP contribution is -1.94. The predicted octanol–water partition coefficient (Wildman–Crippen LogP) is 4.28. The predicted molar refractivity (Wildman–Crippen MR) is 91.0 cm³/mol. The first kappa shape index (κ1) is 17.0. The number of carbonyl (C=O) groups excluding carboxylic acids is 1. The Labute approximate surface area is 148 Å². The molecule has 0 fully saturated rings. The molecule has 0 radical (unpaired) electrons. The maximum atomic E-state index is 13.0. The number of ether oxygens (including phenoxy) is 1. The van der Waals surface area contributed by atoms with Crippen LogP contribution in [0.5, 0.6) is 5.75 Å². The van der Waals surface area contributed by atoms with Crippen molar-refractivity contribution in [3.63, 3.8) is 0 Å². The van der Waals surface area contributed by atoms with Crippen LogP contribution in [-0.4, -0.2) is 15.6 Å². The summed E-state index contributed by atoms with van der Waals surface area (Å²) >= 11 is 5.89. The zero-order chi connectivity index (χ0) is 17.8. The van der Waals surface area contributed by atoms with Crippen molar-refractivity contribution in [2.75, 3.05) is 0 Å². The molecule has 2 heterocycles. The van der Waals surface area contributed by atoms with Crippen LogP contribution in [0.3, 0.4) is 0 Å². The van der Waals surface area contributed by atoms with Crippen LogP contribution in [0.4, 0.5) is 4.39 Å². The number of hydrogen-bond acceptors (Lipinski definition) is 4. The molecular weight excluding hydrogens is 347 g/mol. The van der Waals surface area contributed by atoms with Crippen LogP contribution < -0.4 is 4.74 Å². The van der Waals surface area contributed by atoms with E-state index >= 15 is 0 Å². The van der Waals surface area contributed by atoms with Gasteiger partial charge in [-0.3, -0.25) is 9.48 Å². The van der Waals surface area contributed by atoms with Crippen molar-refractivity contribution in [1.82, 2.24) is 9.78 Å². The first-order valence-corrected chi connectivity index (χ1v) is 7.77. The van der Waals surface area contributed by atoms with Gasteiger partial charge in [-0.2, -0.15) is 5.10 Å². The van der Waals surface area contributed by atoms with Gasteiger partial charge in [0.1, 0.15) is 29.7 Å². The third kappa shape index (κ3) is 4.36. The second kappa shape index (κ2) is 7.36. The maximum Gasteiger partial charge on any atom is 0.189 e. The molecule has 0 bridgehead atoms. The summed E-state index contributed by atoms with van der Waals surface area (Å²) in [6.45, 7) is 0.135. The second-order valence-corrected chi connectivity index (χ2v) is 5.67. The summed E-state index contributed by atoms with van der Waals surface area (Å²) in [5.74, 6) is 0.833. The molecule has 0 saturated heterocycles. The van der Waals surface area contributed by atoms with Crippen molar-refractivity contribution < 1.29 is 18.3 Å². The molecule has 5 nitrogen and oxygen atoms in total. The van der Waals surface area contributed by atoms with Gasteiger partial charge in [-0.1, -0.05) is 11.6 Å². The van der Waals surface area contributed by atoms with Crippen LogP contribution in [0.1, 0.15) is 21.9 Å². The van der Waals surface area contributed by atoms with Gasteiger partial charge in [0.25, 0.3) is 0 Å². The van der Waals surface area contributed by atoms with Crippen molar-refractivity contribution >= 4 is 23.5 Å². The van der Waals surface area contributed by atoms with E-state index in [2.05, 4.69) is 5.10 Å². The van der Waals surface area contributed by atoms with E-state index in [0.717, 1.165) is 0 Å². The lowest BCUT2D eigenvalue weighted by molar-refractivity contribution is 0.104. The van der Waals surface area contributed by atoms with Crippen LogP contribution in [0, 0.1) is 5.82 Å². The number of aromatic nitrogens is 2. The average Bonchev–Trinajstić information content (AvgIpc) is 3.21. The van der Waals surface area contributed by atoms with E-state index in [4.69, 9.17) is 20.8 Å². The molecule has 7 heteroatoms. The summed E-state index contributed by atoms with van der Waals surface area (Å²) in [5.41, 5.74) is 0.500. The Balaban J connectivity index is 1.60. The largest absolute Gasteiger partial charge is 0.484 e. The van der Waals surface area contributed by atoms with Gasteiger partial charge in [0.05, 0.1) is 16.8 Å². The molecule has 3 aromatic rings. The number of rotatable bonds is 6.